The van der Waals surface area contributed by atoms with Crippen LogP contribution in [0.15, 0.2) is 34.9 Å². The Kier molecular flexibility index (Phi) is 7.69. The fourth-order valence-corrected chi connectivity index (χ4v) is 4.54. The molecule has 0 aliphatic carbocycles. The van der Waals surface area contributed by atoms with Gasteiger partial charge in [0, 0.05) is 35.9 Å². The molecule has 1 aromatic carbocycles. The molecule has 0 radical (unpaired) electrons. The number of hydrogen-bond donors (Lipinski definition) is 1. The standard InChI is InChI=1S/C26H35ClN2O4/c1-15(2)24(22-13-23(28-33-22)26(4,5)6)25(32)29-14-19(30)12-20(29)21(31)11-16(3)17-7-9-18(27)10-8-17/h7-10,13,15-16,19-20,24,30H,11-12,14H2,1-6H3. The smallest absolute Gasteiger partial charge is 0.234 e. The molecule has 1 fully saturated rings. The van der Waals surface area contributed by atoms with Gasteiger partial charge in [0.2, 0.25) is 5.91 Å². The number of nitrogens with zero attached hydrogens (tertiary/aromatic N) is 2. The number of benzene rings is 1. The Morgan fingerprint density at radius 1 is 1.21 bits per heavy atom. The second-order valence-electron chi connectivity index (χ2n) is 10.6. The number of rotatable bonds is 7. The molecule has 1 saturated heterocycles. The molecule has 3 rings (SSSR count). The van der Waals surface area contributed by atoms with E-state index in [-0.39, 0.29) is 48.3 Å². The number of hydrogen-bond acceptors (Lipinski definition) is 5. The molecule has 33 heavy (non-hydrogen) atoms. The lowest BCUT2D eigenvalue weighted by atomic mass is 9.87. The molecular formula is C26H35ClN2O4. The first-order valence-corrected chi connectivity index (χ1v) is 12.0. The first-order valence-electron chi connectivity index (χ1n) is 11.6. The maximum absolute atomic E-state index is 13.7. The summed E-state index contributed by atoms with van der Waals surface area (Å²) in [5.41, 5.74) is 1.59. The van der Waals surface area contributed by atoms with E-state index in [1.807, 2.05) is 71.9 Å². The lowest BCUT2D eigenvalue weighted by molar-refractivity contribution is -0.140. The van der Waals surface area contributed by atoms with Crippen molar-refractivity contribution in [2.24, 2.45) is 5.92 Å². The number of aliphatic hydroxyl groups excluding tert-OH is 1. The van der Waals surface area contributed by atoms with E-state index in [2.05, 4.69) is 5.16 Å². The van der Waals surface area contributed by atoms with Gasteiger partial charge >= 0.3 is 0 Å². The Morgan fingerprint density at radius 2 is 1.85 bits per heavy atom. The summed E-state index contributed by atoms with van der Waals surface area (Å²) >= 11 is 5.98. The van der Waals surface area contributed by atoms with E-state index in [0.717, 1.165) is 11.3 Å². The molecule has 1 aliphatic heterocycles. The van der Waals surface area contributed by atoms with Crippen LogP contribution in [0.5, 0.6) is 0 Å². The van der Waals surface area contributed by atoms with Crippen molar-refractivity contribution < 1.29 is 19.2 Å². The Morgan fingerprint density at radius 3 is 2.39 bits per heavy atom. The number of likely N-dealkylation sites (tertiary alicyclic amines) is 1. The molecule has 0 spiro atoms. The van der Waals surface area contributed by atoms with Crippen LogP contribution in [0.3, 0.4) is 0 Å². The van der Waals surface area contributed by atoms with E-state index in [9.17, 15) is 14.7 Å². The van der Waals surface area contributed by atoms with E-state index >= 15 is 0 Å². The zero-order valence-electron chi connectivity index (χ0n) is 20.3. The predicted octanol–water partition coefficient (Wildman–Crippen LogP) is 5.09. The van der Waals surface area contributed by atoms with Crippen LogP contribution in [-0.4, -0.2) is 45.5 Å². The fourth-order valence-electron chi connectivity index (χ4n) is 4.41. The molecule has 6 nitrogen and oxygen atoms in total. The first-order chi connectivity index (χ1) is 15.4. The highest BCUT2D eigenvalue weighted by molar-refractivity contribution is 6.30. The van der Waals surface area contributed by atoms with E-state index in [1.54, 1.807) is 4.90 Å². The summed E-state index contributed by atoms with van der Waals surface area (Å²) in [6, 6.07) is 8.64. The van der Waals surface area contributed by atoms with Crippen LogP contribution in [0, 0.1) is 5.92 Å². The van der Waals surface area contributed by atoms with Gasteiger partial charge in [-0.1, -0.05) is 70.4 Å². The fraction of sp³-hybridized carbons (Fsp3) is 0.577. The summed E-state index contributed by atoms with van der Waals surface area (Å²) in [5, 5.41) is 15.2. The van der Waals surface area contributed by atoms with Crippen LogP contribution in [0.1, 0.15) is 83.2 Å². The maximum Gasteiger partial charge on any atom is 0.234 e. The molecule has 1 amide bonds. The summed E-state index contributed by atoms with van der Waals surface area (Å²) < 4.78 is 5.59. The van der Waals surface area contributed by atoms with Gasteiger partial charge in [-0.3, -0.25) is 9.59 Å². The van der Waals surface area contributed by atoms with Gasteiger partial charge in [-0.25, -0.2) is 0 Å². The monoisotopic (exact) mass is 474 g/mol. The van der Waals surface area contributed by atoms with E-state index in [4.69, 9.17) is 16.1 Å². The average molecular weight is 475 g/mol. The van der Waals surface area contributed by atoms with Crippen LogP contribution in [-0.2, 0) is 15.0 Å². The van der Waals surface area contributed by atoms with Crippen molar-refractivity contribution in [3.8, 4) is 0 Å². The van der Waals surface area contributed by atoms with Crippen molar-refractivity contribution in [3.05, 3.63) is 52.4 Å². The minimum atomic E-state index is -0.721. The molecular weight excluding hydrogens is 440 g/mol. The summed E-state index contributed by atoms with van der Waals surface area (Å²) in [7, 11) is 0. The normalized spacial score (nSPS) is 20.8. The van der Waals surface area contributed by atoms with Crippen LogP contribution in [0.25, 0.3) is 0 Å². The van der Waals surface area contributed by atoms with Crippen molar-refractivity contribution in [2.75, 3.05) is 6.54 Å². The second-order valence-corrected chi connectivity index (χ2v) is 11.0. The highest BCUT2D eigenvalue weighted by Crippen LogP contribution is 2.34. The minimum Gasteiger partial charge on any atom is -0.391 e. The molecule has 1 N–H and O–H groups in total. The molecule has 4 unspecified atom stereocenters. The third kappa shape index (κ3) is 5.85. The third-order valence-corrected chi connectivity index (χ3v) is 6.67. The zero-order valence-corrected chi connectivity index (χ0v) is 21.1. The molecule has 0 bridgehead atoms. The number of carbonyl (C=O) groups is 2. The van der Waals surface area contributed by atoms with Gasteiger partial charge in [0.05, 0.1) is 17.8 Å². The molecule has 1 aromatic heterocycles. The number of amides is 1. The predicted molar refractivity (Wildman–Crippen MR) is 128 cm³/mol. The van der Waals surface area contributed by atoms with Crippen LogP contribution in [0.4, 0.5) is 0 Å². The lowest BCUT2D eigenvalue weighted by Crippen LogP contribution is -2.44. The van der Waals surface area contributed by atoms with Crippen molar-refractivity contribution >= 4 is 23.3 Å². The van der Waals surface area contributed by atoms with Crippen molar-refractivity contribution in [1.29, 1.82) is 0 Å². The number of halogens is 1. The number of Topliss-reactive ketones (excluding diaryl/α,β-unsaturated/α-hetero) is 1. The molecule has 4 atom stereocenters. The van der Waals surface area contributed by atoms with Gasteiger partial charge in [-0.15, -0.1) is 0 Å². The molecule has 0 saturated carbocycles. The SMILES string of the molecule is CC(CC(=O)C1CC(O)CN1C(=O)C(c1cc(C(C)(C)C)no1)C(C)C)c1ccc(Cl)cc1. The lowest BCUT2D eigenvalue weighted by Gasteiger charge is -2.29. The second kappa shape index (κ2) is 9.98. The number of β-amino-alcohol motifs (C(OH)–C–C–N with tert-alkyl or cyclic N) is 1. The molecule has 180 valence electrons. The Hall–Kier alpha value is -2.18. The summed E-state index contributed by atoms with van der Waals surface area (Å²) in [4.78, 5) is 28.5. The number of aliphatic hydroxyl groups is 1. The van der Waals surface area contributed by atoms with E-state index in [1.165, 1.54) is 0 Å². The summed E-state index contributed by atoms with van der Waals surface area (Å²) in [5.74, 6) is -0.382. The molecule has 2 aromatic rings. The van der Waals surface area contributed by atoms with Crippen LogP contribution in [0.2, 0.25) is 5.02 Å². The van der Waals surface area contributed by atoms with Gasteiger partial charge in [-0.2, -0.15) is 0 Å². The Bertz CT molecular complexity index is 977. The molecule has 2 heterocycles. The van der Waals surface area contributed by atoms with Crippen molar-refractivity contribution in [1.82, 2.24) is 10.1 Å². The third-order valence-electron chi connectivity index (χ3n) is 6.42. The topological polar surface area (TPSA) is 83.6 Å². The van der Waals surface area contributed by atoms with Gasteiger partial charge in [0.15, 0.2) is 5.78 Å². The number of aromatic nitrogens is 1. The molecule has 1 aliphatic rings. The van der Waals surface area contributed by atoms with Gasteiger partial charge < -0.3 is 14.5 Å². The zero-order chi connectivity index (χ0) is 24.5. The van der Waals surface area contributed by atoms with Gasteiger partial charge in [0.25, 0.3) is 0 Å². The van der Waals surface area contributed by atoms with Crippen LogP contribution >= 0.6 is 11.6 Å². The number of ketones is 1. The average Bonchev–Trinajstić information content (AvgIpc) is 3.35. The quantitative estimate of drug-likeness (QED) is 0.604. The largest absolute Gasteiger partial charge is 0.391 e. The highest BCUT2D eigenvalue weighted by Gasteiger charge is 2.43. The first kappa shape index (κ1) is 25.4. The van der Waals surface area contributed by atoms with E-state index < -0.39 is 18.1 Å². The van der Waals surface area contributed by atoms with Gasteiger partial charge in [0.1, 0.15) is 11.7 Å². The van der Waals surface area contributed by atoms with Gasteiger partial charge in [-0.05, 0) is 29.5 Å². The highest BCUT2D eigenvalue weighted by atomic mass is 35.5. The van der Waals surface area contributed by atoms with E-state index in [0.29, 0.717) is 10.8 Å². The van der Waals surface area contributed by atoms with Crippen LogP contribution < -0.4 is 0 Å². The number of carbonyl (C=O) groups excluding carboxylic acids is 2. The van der Waals surface area contributed by atoms with Crippen molar-refractivity contribution in [3.63, 3.8) is 0 Å². The Balaban J connectivity index is 1.80. The summed E-state index contributed by atoms with van der Waals surface area (Å²) in [6.07, 6.45) is -0.181. The summed E-state index contributed by atoms with van der Waals surface area (Å²) in [6.45, 7) is 12.1. The Labute approximate surface area is 201 Å². The maximum atomic E-state index is 13.7. The molecule has 7 heteroatoms. The van der Waals surface area contributed by atoms with Crippen molar-refractivity contribution in [2.45, 2.75) is 83.8 Å². The minimum absolute atomic E-state index is 0.0195.